The van der Waals surface area contributed by atoms with Crippen molar-refractivity contribution in [3.05, 3.63) is 46.5 Å². The van der Waals surface area contributed by atoms with Crippen LogP contribution in [-0.4, -0.2) is 36.1 Å². The number of ether oxygens (including phenoxy) is 1. The van der Waals surface area contributed by atoms with E-state index in [9.17, 15) is 9.59 Å². The number of carbonyl (C=O) groups is 2. The predicted octanol–water partition coefficient (Wildman–Crippen LogP) is 2.96. The second-order valence-electron chi connectivity index (χ2n) is 4.93. The van der Waals surface area contributed by atoms with Crippen LogP contribution in [0.5, 0.6) is 0 Å². The van der Waals surface area contributed by atoms with Gasteiger partial charge in [-0.1, -0.05) is 35.3 Å². The van der Waals surface area contributed by atoms with Crippen LogP contribution in [0.1, 0.15) is 17.9 Å². The highest BCUT2D eigenvalue weighted by molar-refractivity contribution is 6.42. The van der Waals surface area contributed by atoms with Gasteiger partial charge >= 0.3 is 6.09 Å². The molecule has 118 valence electrons. The lowest BCUT2D eigenvalue weighted by atomic mass is 9.88. The van der Waals surface area contributed by atoms with Gasteiger partial charge in [0.1, 0.15) is 6.61 Å². The first-order valence-corrected chi connectivity index (χ1v) is 7.51. The van der Waals surface area contributed by atoms with Crippen molar-refractivity contribution in [2.45, 2.75) is 18.4 Å². The third kappa shape index (κ3) is 3.43. The van der Waals surface area contributed by atoms with Gasteiger partial charge < -0.3 is 10.5 Å². The molecule has 2 amide bonds. The number of hydrogen-bond acceptors (Lipinski definition) is 4. The van der Waals surface area contributed by atoms with E-state index in [1.807, 2.05) is 0 Å². The van der Waals surface area contributed by atoms with E-state index < -0.39 is 18.0 Å². The van der Waals surface area contributed by atoms with E-state index in [0.717, 1.165) is 10.5 Å². The number of amides is 2. The first-order valence-electron chi connectivity index (χ1n) is 6.75. The summed E-state index contributed by atoms with van der Waals surface area (Å²) in [5, 5.41) is 0.805. The third-order valence-corrected chi connectivity index (χ3v) is 4.28. The average molecular weight is 343 g/mol. The van der Waals surface area contributed by atoms with Crippen molar-refractivity contribution in [3.8, 4) is 0 Å². The first kappa shape index (κ1) is 16.8. The third-order valence-electron chi connectivity index (χ3n) is 3.54. The summed E-state index contributed by atoms with van der Waals surface area (Å²) >= 11 is 11.9. The van der Waals surface area contributed by atoms with Crippen molar-refractivity contribution in [3.63, 3.8) is 0 Å². The zero-order valence-corrected chi connectivity index (χ0v) is 13.3. The number of nitrogens with two attached hydrogens (primary N) is 1. The van der Waals surface area contributed by atoms with E-state index in [-0.39, 0.29) is 19.1 Å². The number of nitrogens with zero attached hydrogens (tertiary/aromatic N) is 1. The zero-order valence-electron chi connectivity index (χ0n) is 11.8. The quantitative estimate of drug-likeness (QED) is 0.835. The fourth-order valence-corrected chi connectivity index (χ4v) is 2.66. The molecule has 1 aromatic rings. The highest BCUT2D eigenvalue weighted by Crippen LogP contribution is 2.30. The molecule has 1 heterocycles. The van der Waals surface area contributed by atoms with Gasteiger partial charge in [-0.15, -0.1) is 6.58 Å². The monoisotopic (exact) mass is 342 g/mol. The minimum atomic E-state index is -0.902. The van der Waals surface area contributed by atoms with Crippen LogP contribution in [-0.2, 0) is 9.53 Å². The molecule has 0 aliphatic carbocycles. The summed E-state index contributed by atoms with van der Waals surface area (Å²) in [6.07, 6.45) is 1.48. The second-order valence-corrected chi connectivity index (χ2v) is 5.75. The molecule has 2 unspecified atom stereocenters. The van der Waals surface area contributed by atoms with Crippen LogP contribution in [0.25, 0.3) is 0 Å². The first-order chi connectivity index (χ1) is 10.5. The highest BCUT2D eigenvalue weighted by atomic mass is 35.5. The number of carbonyl (C=O) groups excluding carboxylic acids is 2. The summed E-state index contributed by atoms with van der Waals surface area (Å²) in [4.78, 5) is 24.9. The van der Waals surface area contributed by atoms with Crippen molar-refractivity contribution >= 4 is 35.2 Å². The lowest BCUT2D eigenvalue weighted by Crippen LogP contribution is -2.47. The van der Waals surface area contributed by atoms with Gasteiger partial charge in [0, 0.05) is 5.92 Å². The summed E-state index contributed by atoms with van der Waals surface area (Å²) in [7, 11) is 0. The van der Waals surface area contributed by atoms with Crippen LogP contribution in [0.3, 0.4) is 0 Å². The molecule has 1 aromatic carbocycles. The van der Waals surface area contributed by atoms with Gasteiger partial charge in [-0.05, 0) is 24.1 Å². The number of rotatable bonds is 5. The summed E-state index contributed by atoms with van der Waals surface area (Å²) in [5.41, 5.74) is 6.85. The molecule has 2 rings (SSSR count). The van der Waals surface area contributed by atoms with Crippen LogP contribution in [0, 0.1) is 0 Å². The Hall–Kier alpha value is -1.56. The van der Waals surface area contributed by atoms with Gasteiger partial charge in [0.05, 0.1) is 22.6 Å². The fraction of sp³-hybridized carbons (Fsp3) is 0.333. The molecule has 0 radical (unpaired) electrons. The highest BCUT2D eigenvalue weighted by Gasteiger charge is 2.35. The molecule has 22 heavy (non-hydrogen) atoms. The molecule has 1 aliphatic heterocycles. The van der Waals surface area contributed by atoms with Crippen LogP contribution in [0.2, 0.25) is 10.0 Å². The molecule has 0 saturated carbocycles. The van der Waals surface area contributed by atoms with Gasteiger partial charge in [0.15, 0.2) is 0 Å². The molecule has 0 aromatic heterocycles. The Labute approximate surface area is 138 Å². The van der Waals surface area contributed by atoms with Gasteiger partial charge in [-0.25, -0.2) is 9.69 Å². The molecule has 1 aliphatic rings. The second kappa shape index (κ2) is 7.13. The Kier molecular flexibility index (Phi) is 5.45. The van der Waals surface area contributed by atoms with Crippen molar-refractivity contribution in [1.29, 1.82) is 0 Å². The smallest absolute Gasteiger partial charge is 0.416 e. The molecular formula is C15H16Cl2N2O3. The van der Waals surface area contributed by atoms with Gasteiger partial charge in [0.2, 0.25) is 5.91 Å². The molecule has 1 saturated heterocycles. The van der Waals surface area contributed by atoms with Gasteiger partial charge in [0.25, 0.3) is 0 Å². The number of hydrogen-bond donors (Lipinski definition) is 1. The lowest BCUT2D eigenvalue weighted by molar-refractivity contribution is -0.129. The number of allylic oxidation sites excluding steroid dienone is 1. The number of imide groups is 1. The van der Waals surface area contributed by atoms with Crippen molar-refractivity contribution < 1.29 is 14.3 Å². The lowest BCUT2D eigenvalue weighted by Gasteiger charge is -2.25. The Balaban J connectivity index is 2.26. The van der Waals surface area contributed by atoms with E-state index in [4.69, 9.17) is 33.7 Å². The molecule has 0 bridgehead atoms. The molecule has 5 nitrogen and oxygen atoms in total. The minimum Gasteiger partial charge on any atom is -0.447 e. The maximum Gasteiger partial charge on any atom is 0.416 e. The minimum absolute atomic E-state index is 0.191. The summed E-state index contributed by atoms with van der Waals surface area (Å²) < 4.78 is 4.77. The summed E-state index contributed by atoms with van der Waals surface area (Å²) in [6.45, 7) is 4.10. The molecule has 0 spiro atoms. The average Bonchev–Trinajstić information content (AvgIpc) is 2.92. The Morgan fingerprint density at radius 3 is 2.73 bits per heavy atom. The predicted molar refractivity (Wildman–Crippen MR) is 85.1 cm³/mol. The number of halogens is 2. The van der Waals surface area contributed by atoms with E-state index in [1.165, 1.54) is 0 Å². The molecular weight excluding hydrogens is 327 g/mol. The number of cyclic esters (lactones) is 1. The van der Waals surface area contributed by atoms with E-state index in [0.29, 0.717) is 16.5 Å². The van der Waals surface area contributed by atoms with Crippen LogP contribution < -0.4 is 5.73 Å². The topological polar surface area (TPSA) is 72.6 Å². The maximum absolute atomic E-state index is 12.4. The molecule has 2 atom stereocenters. The Morgan fingerprint density at radius 2 is 2.18 bits per heavy atom. The molecule has 1 fully saturated rings. The standard InChI is InChI=1S/C15H16Cl2N2O3/c1-2-3-10(9-4-5-11(16)12(17)8-9)13(18)14(20)19-6-7-22-15(19)21/h2,4-5,8,10,13H,1,3,6-7,18H2. The van der Waals surface area contributed by atoms with Crippen molar-refractivity contribution in [1.82, 2.24) is 4.90 Å². The van der Waals surface area contributed by atoms with Gasteiger partial charge in [-0.2, -0.15) is 0 Å². The Bertz CT molecular complexity index is 606. The van der Waals surface area contributed by atoms with Crippen molar-refractivity contribution in [2.75, 3.05) is 13.2 Å². The van der Waals surface area contributed by atoms with Crippen LogP contribution in [0.4, 0.5) is 4.79 Å². The van der Waals surface area contributed by atoms with Gasteiger partial charge in [-0.3, -0.25) is 4.79 Å². The van der Waals surface area contributed by atoms with E-state index in [2.05, 4.69) is 6.58 Å². The number of benzene rings is 1. The zero-order chi connectivity index (χ0) is 16.3. The summed E-state index contributed by atoms with van der Waals surface area (Å²) in [5.74, 6) is -0.825. The fourth-order valence-electron chi connectivity index (χ4n) is 2.36. The van der Waals surface area contributed by atoms with Crippen molar-refractivity contribution in [2.24, 2.45) is 5.73 Å². The van der Waals surface area contributed by atoms with Crippen LogP contribution in [0.15, 0.2) is 30.9 Å². The normalized spacial score (nSPS) is 17.0. The molecule has 7 heteroatoms. The Morgan fingerprint density at radius 1 is 1.45 bits per heavy atom. The van der Waals surface area contributed by atoms with E-state index >= 15 is 0 Å². The maximum atomic E-state index is 12.4. The summed E-state index contributed by atoms with van der Waals surface area (Å²) in [6, 6.07) is 4.18. The SMILES string of the molecule is C=CCC(c1ccc(Cl)c(Cl)c1)C(N)C(=O)N1CCOC1=O. The van der Waals surface area contributed by atoms with E-state index in [1.54, 1.807) is 24.3 Å². The molecule has 2 N–H and O–H groups in total. The van der Waals surface area contributed by atoms with Crippen LogP contribution >= 0.6 is 23.2 Å². The largest absolute Gasteiger partial charge is 0.447 e.